The van der Waals surface area contributed by atoms with Gasteiger partial charge < -0.3 is 19.6 Å². The minimum absolute atomic E-state index is 0.0901. The molecule has 8 heteroatoms. The first-order valence-corrected chi connectivity index (χ1v) is 10.5. The smallest absolute Gasteiger partial charge is 0.264 e. The summed E-state index contributed by atoms with van der Waals surface area (Å²) in [4.78, 5) is 28.4. The maximum absolute atomic E-state index is 12.3. The van der Waals surface area contributed by atoms with Gasteiger partial charge in [0.15, 0.2) is 5.17 Å². The second-order valence-electron chi connectivity index (χ2n) is 6.93. The molecular formula is C23H16ClN2O4S-. The number of benzene rings is 2. The van der Waals surface area contributed by atoms with Gasteiger partial charge in [0.25, 0.3) is 5.91 Å². The predicted molar refractivity (Wildman–Crippen MR) is 120 cm³/mol. The molecule has 0 spiro atoms. The van der Waals surface area contributed by atoms with Crippen LogP contribution in [0.5, 0.6) is 0 Å². The van der Waals surface area contributed by atoms with E-state index in [1.54, 1.807) is 24.3 Å². The summed E-state index contributed by atoms with van der Waals surface area (Å²) >= 11 is 7.10. The number of carbonyl (C=O) groups excluding carboxylic acids is 2. The molecule has 1 saturated heterocycles. The van der Waals surface area contributed by atoms with Crippen molar-refractivity contribution in [3.05, 3.63) is 80.9 Å². The van der Waals surface area contributed by atoms with Gasteiger partial charge in [0.1, 0.15) is 11.5 Å². The highest BCUT2D eigenvalue weighted by Crippen LogP contribution is 2.31. The van der Waals surface area contributed by atoms with Crippen LogP contribution in [-0.2, 0) is 4.79 Å². The first kappa shape index (κ1) is 21.0. The van der Waals surface area contributed by atoms with Crippen molar-refractivity contribution in [3.63, 3.8) is 0 Å². The van der Waals surface area contributed by atoms with E-state index in [-0.39, 0.29) is 16.5 Å². The molecule has 1 aliphatic rings. The molecule has 0 atom stereocenters. The van der Waals surface area contributed by atoms with Gasteiger partial charge in [0, 0.05) is 22.2 Å². The van der Waals surface area contributed by atoms with Crippen molar-refractivity contribution in [2.24, 2.45) is 4.99 Å². The van der Waals surface area contributed by atoms with Gasteiger partial charge in [-0.05, 0) is 79.2 Å². The van der Waals surface area contributed by atoms with Crippen molar-refractivity contribution in [1.29, 1.82) is 0 Å². The fourth-order valence-electron chi connectivity index (χ4n) is 2.94. The Morgan fingerprint density at radius 1 is 1.13 bits per heavy atom. The lowest BCUT2D eigenvalue weighted by atomic mass is 10.1. The molecule has 0 aliphatic carbocycles. The summed E-state index contributed by atoms with van der Waals surface area (Å²) in [6, 6.07) is 13.7. The standard InChI is InChI=1S/C23H17ClN2O4S/c1-12-3-5-15(9-13(12)2)25-23-26-21(27)20(31-23)11-16-6-8-19(30-16)14-4-7-18(24)17(10-14)22(28)29/h3-11H,1-2H3,(H,28,29)(H,25,26,27)/p-1/b20-11+. The zero-order valence-electron chi connectivity index (χ0n) is 16.6. The van der Waals surface area contributed by atoms with Gasteiger partial charge >= 0.3 is 0 Å². The molecule has 0 saturated carbocycles. The number of hydrogen-bond donors (Lipinski definition) is 1. The van der Waals surface area contributed by atoms with Gasteiger partial charge in [-0.15, -0.1) is 0 Å². The van der Waals surface area contributed by atoms with Crippen molar-refractivity contribution < 1.29 is 19.1 Å². The molecule has 1 fully saturated rings. The van der Waals surface area contributed by atoms with Crippen LogP contribution in [0.4, 0.5) is 5.69 Å². The molecule has 0 unspecified atom stereocenters. The van der Waals surface area contributed by atoms with Crippen LogP contribution in [0, 0.1) is 13.8 Å². The predicted octanol–water partition coefficient (Wildman–Crippen LogP) is 4.47. The monoisotopic (exact) mass is 451 g/mol. The lowest BCUT2D eigenvalue weighted by Crippen LogP contribution is -2.22. The average Bonchev–Trinajstić information content (AvgIpc) is 3.32. The first-order valence-electron chi connectivity index (χ1n) is 9.28. The Morgan fingerprint density at radius 3 is 2.68 bits per heavy atom. The number of rotatable bonds is 4. The minimum atomic E-state index is -1.37. The van der Waals surface area contributed by atoms with Gasteiger partial charge in [0.2, 0.25) is 0 Å². The number of aliphatic imine (C=N–C) groups is 1. The number of nitrogens with zero attached hydrogens (tertiary/aromatic N) is 1. The SMILES string of the molecule is Cc1ccc(N=C2NC(=O)/C(=C\c3ccc(-c4ccc(Cl)c(C(=O)[O-])c4)o3)S2)cc1C. The van der Waals surface area contributed by atoms with Crippen molar-refractivity contribution in [2.75, 3.05) is 0 Å². The highest BCUT2D eigenvalue weighted by atomic mass is 35.5. The van der Waals surface area contributed by atoms with E-state index in [1.807, 2.05) is 32.0 Å². The van der Waals surface area contributed by atoms with Crippen LogP contribution < -0.4 is 10.4 Å². The molecule has 2 aromatic carbocycles. The Morgan fingerprint density at radius 2 is 1.94 bits per heavy atom. The molecular weight excluding hydrogens is 436 g/mol. The second kappa shape index (κ2) is 8.45. The Hall–Kier alpha value is -3.29. The van der Waals surface area contributed by atoms with Crippen LogP contribution in [0.15, 0.2) is 62.8 Å². The number of aryl methyl sites for hydroxylation is 2. The molecule has 1 aliphatic heterocycles. The third-order valence-corrected chi connectivity index (χ3v) is 5.98. The van der Waals surface area contributed by atoms with Crippen molar-refractivity contribution in [1.82, 2.24) is 5.32 Å². The number of amidine groups is 1. The summed E-state index contributed by atoms with van der Waals surface area (Å²) < 4.78 is 5.77. The first-order chi connectivity index (χ1) is 14.8. The molecule has 0 radical (unpaired) electrons. The molecule has 156 valence electrons. The maximum Gasteiger partial charge on any atom is 0.264 e. The van der Waals surface area contributed by atoms with Crippen LogP contribution in [0.3, 0.4) is 0 Å². The number of aromatic carboxylic acids is 1. The normalized spacial score (nSPS) is 16.2. The molecule has 6 nitrogen and oxygen atoms in total. The molecule has 31 heavy (non-hydrogen) atoms. The molecule has 1 aromatic heterocycles. The summed E-state index contributed by atoms with van der Waals surface area (Å²) in [5, 5.41) is 14.5. The van der Waals surface area contributed by atoms with Crippen LogP contribution in [0.2, 0.25) is 5.02 Å². The van der Waals surface area contributed by atoms with Crippen LogP contribution in [0.1, 0.15) is 27.2 Å². The van der Waals surface area contributed by atoms with E-state index in [9.17, 15) is 14.7 Å². The zero-order chi connectivity index (χ0) is 22.1. The van der Waals surface area contributed by atoms with E-state index >= 15 is 0 Å². The van der Waals surface area contributed by atoms with E-state index in [0.29, 0.717) is 27.2 Å². The molecule has 1 amide bonds. The number of hydrogen-bond acceptors (Lipinski definition) is 6. The van der Waals surface area contributed by atoms with Gasteiger partial charge in [-0.1, -0.05) is 17.7 Å². The van der Waals surface area contributed by atoms with Crippen LogP contribution in [0.25, 0.3) is 17.4 Å². The lowest BCUT2D eigenvalue weighted by molar-refractivity contribution is -0.255. The minimum Gasteiger partial charge on any atom is -0.545 e. The van der Waals surface area contributed by atoms with Crippen molar-refractivity contribution >= 4 is 52.2 Å². The van der Waals surface area contributed by atoms with Gasteiger partial charge in [-0.3, -0.25) is 4.79 Å². The van der Waals surface area contributed by atoms with E-state index in [4.69, 9.17) is 16.0 Å². The highest BCUT2D eigenvalue weighted by molar-refractivity contribution is 8.18. The van der Waals surface area contributed by atoms with E-state index < -0.39 is 5.97 Å². The van der Waals surface area contributed by atoms with Crippen LogP contribution >= 0.6 is 23.4 Å². The number of thioether (sulfide) groups is 1. The van der Waals surface area contributed by atoms with Gasteiger partial charge in [-0.25, -0.2) is 4.99 Å². The zero-order valence-corrected chi connectivity index (χ0v) is 18.1. The highest BCUT2D eigenvalue weighted by Gasteiger charge is 2.24. The number of carbonyl (C=O) groups is 2. The third kappa shape index (κ3) is 4.57. The summed E-state index contributed by atoms with van der Waals surface area (Å²) in [6.45, 7) is 4.04. The number of nitrogens with one attached hydrogen (secondary N) is 1. The Kier molecular flexibility index (Phi) is 5.71. The van der Waals surface area contributed by atoms with Crippen molar-refractivity contribution in [3.8, 4) is 11.3 Å². The number of amides is 1. The van der Waals surface area contributed by atoms with Gasteiger partial charge in [-0.2, -0.15) is 0 Å². The third-order valence-electron chi connectivity index (χ3n) is 4.74. The molecule has 4 rings (SSSR count). The molecule has 2 heterocycles. The average molecular weight is 452 g/mol. The molecule has 1 N–H and O–H groups in total. The van der Waals surface area contributed by atoms with E-state index in [1.165, 1.54) is 29.5 Å². The summed E-state index contributed by atoms with van der Waals surface area (Å²) in [6.07, 6.45) is 1.61. The van der Waals surface area contributed by atoms with Gasteiger partial charge in [0.05, 0.1) is 16.6 Å². The largest absolute Gasteiger partial charge is 0.545 e. The maximum atomic E-state index is 12.3. The summed E-state index contributed by atoms with van der Waals surface area (Å²) in [5.74, 6) is -0.741. The summed E-state index contributed by atoms with van der Waals surface area (Å²) in [7, 11) is 0. The number of furan rings is 1. The fraction of sp³-hybridized carbons (Fsp3) is 0.0870. The fourth-order valence-corrected chi connectivity index (χ4v) is 3.96. The number of halogens is 1. The Balaban J connectivity index is 1.56. The quantitative estimate of drug-likeness (QED) is 0.590. The van der Waals surface area contributed by atoms with E-state index in [0.717, 1.165) is 11.3 Å². The van der Waals surface area contributed by atoms with Crippen LogP contribution in [-0.4, -0.2) is 17.0 Å². The topological polar surface area (TPSA) is 94.7 Å². The van der Waals surface area contributed by atoms with E-state index in [2.05, 4.69) is 10.3 Å². The number of carboxylic acid groups (broad SMARTS) is 1. The molecule has 0 bridgehead atoms. The van der Waals surface area contributed by atoms with Crippen molar-refractivity contribution in [2.45, 2.75) is 13.8 Å². The Bertz CT molecular complexity index is 1280. The second-order valence-corrected chi connectivity index (χ2v) is 8.37. The number of carboxylic acids is 1. The Labute approximate surface area is 187 Å². The summed E-state index contributed by atoms with van der Waals surface area (Å²) in [5.41, 5.74) is 3.48. The molecule has 3 aromatic rings. The lowest BCUT2D eigenvalue weighted by Gasteiger charge is -2.06.